The average Bonchev–Trinajstić information content (AvgIpc) is 3.06. The Morgan fingerprint density at radius 1 is 1.29 bits per heavy atom. The van der Waals surface area contributed by atoms with Gasteiger partial charge in [-0.15, -0.1) is 11.3 Å². The van der Waals surface area contributed by atoms with Crippen molar-refractivity contribution in [2.75, 3.05) is 19.0 Å². The van der Waals surface area contributed by atoms with Gasteiger partial charge in [-0.05, 0) is 45.1 Å². The van der Waals surface area contributed by atoms with E-state index in [9.17, 15) is 0 Å². The number of hydrogen-bond acceptors (Lipinski definition) is 5. The van der Waals surface area contributed by atoms with Crippen molar-refractivity contribution in [3.05, 3.63) is 16.3 Å². The first-order valence-corrected chi connectivity index (χ1v) is 8.56. The van der Waals surface area contributed by atoms with Gasteiger partial charge >= 0.3 is 0 Å². The van der Waals surface area contributed by atoms with Crippen LogP contribution in [0.1, 0.15) is 49.9 Å². The second-order valence-corrected chi connectivity index (χ2v) is 6.84. The molecular formula is C16H23N3OS. The van der Waals surface area contributed by atoms with Crippen molar-refractivity contribution in [3.8, 4) is 0 Å². The molecule has 1 aliphatic carbocycles. The van der Waals surface area contributed by atoms with Crippen LogP contribution in [0.2, 0.25) is 0 Å². The summed E-state index contributed by atoms with van der Waals surface area (Å²) in [5, 5.41) is 4.67. The zero-order valence-corrected chi connectivity index (χ0v) is 14.1. The molecule has 0 bridgehead atoms. The third kappa shape index (κ3) is 2.32. The maximum atomic E-state index is 5.68. The molecular weight excluding hydrogens is 282 g/mol. The number of thiophene rings is 1. The predicted molar refractivity (Wildman–Crippen MR) is 88.3 cm³/mol. The Bertz CT molecular complexity index is 661. The lowest BCUT2D eigenvalue weighted by Crippen LogP contribution is -2.26. The molecule has 4 nitrogen and oxygen atoms in total. The molecule has 0 spiro atoms. The van der Waals surface area contributed by atoms with Crippen LogP contribution in [-0.2, 0) is 23.2 Å². The van der Waals surface area contributed by atoms with Crippen molar-refractivity contribution in [3.63, 3.8) is 0 Å². The first-order chi connectivity index (χ1) is 10.1. The normalized spacial score (nSPS) is 17.0. The second kappa shape index (κ2) is 5.54. The molecule has 0 saturated carbocycles. The van der Waals surface area contributed by atoms with Crippen molar-refractivity contribution in [1.29, 1.82) is 0 Å². The van der Waals surface area contributed by atoms with Gasteiger partial charge in [0.15, 0.2) is 5.82 Å². The number of hydrogen-bond donors (Lipinski definition) is 1. The van der Waals surface area contributed by atoms with E-state index in [0.29, 0.717) is 0 Å². The van der Waals surface area contributed by atoms with Gasteiger partial charge < -0.3 is 10.1 Å². The lowest BCUT2D eigenvalue weighted by Gasteiger charge is -2.25. The number of nitrogens with one attached hydrogen (secondary N) is 1. The number of rotatable bonds is 5. The Kier molecular flexibility index (Phi) is 3.88. The van der Waals surface area contributed by atoms with Crippen LogP contribution in [0.5, 0.6) is 0 Å². The first kappa shape index (κ1) is 14.7. The molecule has 0 radical (unpaired) electrons. The van der Waals surface area contributed by atoms with E-state index >= 15 is 0 Å². The minimum absolute atomic E-state index is 0.424. The SMILES string of the molecule is CCNc1nc(C(C)(CC)OC)nc2sc3c(c12)CCC3. The summed E-state index contributed by atoms with van der Waals surface area (Å²) in [4.78, 5) is 12.3. The van der Waals surface area contributed by atoms with Gasteiger partial charge in [0.1, 0.15) is 16.2 Å². The minimum Gasteiger partial charge on any atom is -0.371 e. The number of aromatic nitrogens is 2. The summed E-state index contributed by atoms with van der Waals surface area (Å²) in [7, 11) is 1.73. The van der Waals surface area contributed by atoms with Crippen molar-refractivity contribution in [2.24, 2.45) is 0 Å². The van der Waals surface area contributed by atoms with Gasteiger partial charge in [0.25, 0.3) is 0 Å². The Labute approximate surface area is 129 Å². The van der Waals surface area contributed by atoms with Crippen LogP contribution in [0.4, 0.5) is 5.82 Å². The van der Waals surface area contributed by atoms with Gasteiger partial charge in [-0.3, -0.25) is 0 Å². The highest BCUT2D eigenvalue weighted by Crippen LogP contribution is 2.40. The fourth-order valence-corrected chi connectivity index (χ4v) is 4.18. The van der Waals surface area contributed by atoms with Crippen molar-refractivity contribution < 1.29 is 4.74 Å². The Hall–Kier alpha value is -1.20. The van der Waals surface area contributed by atoms with E-state index in [1.165, 1.54) is 28.7 Å². The van der Waals surface area contributed by atoms with Crippen molar-refractivity contribution in [2.45, 2.75) is 52.1 Å². The minimum atomic E-state index is -0.424. The van der Waals surface area contributed by atoms with E-state index < -0.39 is 5.60 Å². The molecule has 0 amide bonds. The molecule has 3 rings (SSSR count). The van der Waals surface area contributed by atoms with E-state index in [4.69, 9.17) is 14.7 Å². The summed E-state index contributed by atoms with van der Waals surface area (Å²) < 4.78 is 5.68. The summed E-state index contributed by atoms with van der Waals surface area (Å²) in [5.41, 5.74) is 1.04. The van der Waals surface area contributed by atoms with Crippen LogP contribution in [0.15, 0.2) is 0 Å². The van der Waals surface area contributed by atoms with Gasteiger partial charge in [-0.1, -0.05) is 6.92 Å². The summed E-state index contributed by atoms with van der Waals surface area (Å²) in [6.45, 7) is 7.14. The second-order valence-electron chi connectivity index (χ2n) is 5.75. The van der Waals surface area contributed by atoms with Crippen LogP contribution in [-0.4, -0.2) is 23.6 Å². The number of aryl methyl sites for hydroxylation is 2. The molecule has 1 N–H and O–H groups in total. The fourth-order valence-electron chi connectivity index (χ4n) is 2.92. The smallest absolute Gasteiger partial charge is 0.163 e. The Morgan fingerprint density at radius 3 is 2.76 bits per heavy atom. The Balaban J connectivity index is 2.22. The quantitative estimate of drug-likeness (QED) is 0.910. The summed E-state index contributed by atoms with van der Waals surface area (Å²) in [6.07, 6.45) is 4.46. The number of anilines is 1. The third-order valence-corrected chi connectivity index (χ3v) is 5.69. The van der Waals surface area contributed by atoms with E-state index in [-0.39, 0.29) is 0 Å². The van der Waals surface area contributed by atoms with Gasteiger partial charge in [0, 0.05) is 18.5 Å². The van der Waals surface area contributed by atoms with E-state index in [2.05, 4.69) is 26.1 Å². The molecule has 5 heteroatoms. The fraction of sp³-hybridized carbons (Fsp3) is 0.625. The molecule has 2 aromatic rings. The zero-order chi connectivity index (χ0) is 15.0. The molecule has 21 heavy (non-hydrogen) atoms. The van der Waals surface area contributed by atoms with Crippen molar-refractivity contribution >= 4 is 27.4 Å². The van der Waals surface area contributed by atoms with Gasteiger partial charge in [-0.2, -0.15) is 0 Å². The van der Waals surface area contributed by atoms with Gasteiger partial charge in [0.2, 0.25) is 0 Å². The highest BCUT2D eigenvalue weighted by molar-refractivity contribution is 7.19. The summed E-state index contributed by atoms with van der Waals surface area (Å²) >= 11 is 1.83. The molecule has 0 aromatic carbocycles. The maximum absolute atomic E-state index is 5.68. The Morgan fingerprint density at radius 2 is 2.10 bits per heavy atom. The zero-order valence-electron chi connectivity index (χ0n) is 13.2. The van der Waals surface area contributed by atoms with Crippen LogP contribution in [0.25, 0.3) is 10.2 Å². The van der Waals surface area contributed by atoms with Gasteiger partial charge in [0.05, 0.1) is 5.39 Å². The highest BCUT2D eigenvalue weighted by atomic mass is 32.1. The van der Waals surface area contributed by atoms with E-state index in [0.717, 1.165) is 35.9 Å². The highest BCUT2D eigenvalue weighted by Gasteiger charge is 2.30. The van der Waals surface area contributed by atoms with Crippen LogP contribution in [0, 0.1) is 0 Å². The number of methoxy groups -OCH3 is 1. The molecule has 0 aliphatic heterocycles. The molecule has 114 valence electrons. The molecule has 1 aliphatic rings. The average molecular weight is 305 g/mol. The van der Waals surface area contributed by atoms with Crippen molar-refractivity contribution in [1.82, 2.24) is 9.97 Å². The lowest BCUT2D eigenvalue weighted by molar-refractivity contribution is -0.00855. The number of ether oxygens (including phenoxy) is 1. The molecule has 1 atom stereocenters. The molecule has 1 unspecified atom stereocenters. The standard InChI is InChI=1S/C16H23N3OS/c1-5-16(3,20-4)15-18-13(17-6-2)12-10-8-7-9-11(10)21-14(12)19-15/h5-9H2,1-4H3,(H,17,18,19). The van der Waals surface area contributed by atoms with Crippen LogP contribution < -0.4 is 5.32 Å². The largest absolute Gasteiger partial charge is 0.371 e. The molecule has 2 aromatic heterocycles. The topological polar surface area (TPSA) is 47.0 Å². The molecule has 2 heterocycles. The molecule has 0 saturated heterocycles. The maximum Gasteiger partial charge on any atom is 0.163 e. The first-order valence-electron chi connectivity index (χ1n) is 7.74. The molecule has 0 fully saturated rings. The lowest BCUT2D eigenvalue weighted by atomic mass is 10.0. The summed E-state index contributed by atoms with van der Waals surface area (Å²) in [6, 6.07) is 0. The monoisotopic (exact) mass is 305 g/mol. The number of fused-ring (bicyclic) bond motifs is 3. The van der Waals surface area contributed by atoms with Crippen LogP contribution >= 0.6 is 11.3 Å². The summed E-state index contributed by atoms with van der Waals surface area (Å²) in [5.74, 6) is 1.77. The third-order valence-electron chi connectivity index (χ3n) is 4.51. The van der Waals surface area contributed by atoms with Crippen LogP contribution in [0.3, 0.4) is 0 Å². The van der Waals surface area contributed by atoms with E-state index in [1.54, 1.807) is 7.11 Å². The number of nitrogens with zero attached hydrogens (tertiary/aromatic N) is 2. The predicted octanol–water partition coefficient (Wildman–Crippen LogP) is 3.88. The van der Waals surface area contributed by atoms with E-state index in [1.807, 2.05) is 11.3 Å². The van der Waals surface area contributed by atoms with Gasteiger partial charge in [-0.25, -0.2) is 9.97 Å².